The van der Waals surface area contributed by atoms with Crippen LogP contribution in [0.2, 0.25) is 0 Å². The minimum Gasteiger partial charge on any atom is -0.493 e. The van der Waals surface area contributed by atoms with Crippen LogP contribution in [0.3, 0.4) is 0 Å². The summed E-state index contributed by atoms with van der Waals surface area (Å²) in [5.74, 6) is 1.54. The summed E-state index contributed by atoms with van der Waals surface area (Å²) in [5.41, 5.74) is 3.30. The number of hydrogen-bond acceptors (Lipinski definition) is 7. The van der Waals surface area contributed by atoms with Crippen molar-refractivity contribution < 1.29 is 18.7 Å². The molecule has 0 radical (unpaired) electrons. The zero-order chi connectivity index (χ0) is 23.1. The van der Waals surface area contributed by atoms with Crippen LogP contribution in [0, 0.1) is 11.7 Å². The normalized spacial score (nSPS) is 20.5. The van der Waals surface area contributed by atoms with Gasteiger partial charge in [0.25, 0.3) is 0 Å². The first-order valence-electron chi connectivity index (χ1n) is 11.9. The molecule has 178 valence electrons. The number of anilines is 1. The standard InChI is InChI=1S/C24H27FN6O3/c25-20-3-4-21-17(6-9-34-21)19(20)11-27-24-26-10-18(22-29-28-14-31(22)24)15-2-1-7-30(8-5-15)23(32)16-12-33-13-16/h3-4,10,14-16H,1-2,5-9,11-13H2,(H,26,27). The number of fused-ring (bicyclic) bond motifs is 2. The number of carbonyl (C=O) groups excluding carboxylic acids is 1. The van der Waals surface area contributed by atoms with E-state index in [-0.39, 0.29) is 23.6 Å². The van der Waals surface area contributed by atoms with Crippen LogP contribution in [0.15, 0.2) is 24.7 Å². The molecule has 1 amide bonds. The molecule has 3 aliphatic heterocycles. The highest BCUT2D eigenvalue weighted by molar-refractivity contribution is 5.79. The zero-order valence-corrected chi connectivity index (χ0v) is 18.9. The fraction of sp³-hybridized carbons (Fsp3) is 0.500. The van der Waals surface area contributed by atoms with Gasteiger partial charge >= 0.3 is 0 Å². The molecule has 0 saturated carbocycles. The van der Waals surface area contributed by atoms with Crippen LogP contribution in [-0.4, -0.2) is 63.3 Å². The van der Waals surface area contributed by atoms with Crippen molar-refractivity contribution in [2.24, 2.45) is 5.92 Å². The van der Waals surface area contributed by atoms with Crippen LogP contribution < -0.4 is 10.1 Å². The lowest BCUT2D eigenvalue weighted by Gasteiger charge is -2.31. The van der Waals surface area contributed by atoms with Gasteiger partial charge in [0.2, 0.25) is 11.9 Å². The van der Waals surface area contributed by atoms with Gasteiger partial charge in [-0.2, -0.15) is 0 Å². The lowest BCUT2D eigenvalue weighted by atomic mass is 9.94. The molecule has 1 N–H and O–H groups in total. The van der Waals surface area contributed by atoms with E-state index in [2.05, 4.69) is 20.5 Å². The van der Waals surface area contributed by atoms with E-state index in [1.54, 1.807) is 12.4 Å². The van der Waals surface area contributed by atoms with Gasteiger partial charge in [-0.05, 0) is 37.3 Å². The number of likely N-dealkylation sites (tertiary alicyclic amines) is 1. The third-order valence-electron chi connectivity index (χ3n) is 7.19. The minimum absolute atomic E-state index is 0.0222. The highest BCUT2D eigenvalue weighted by Gasteiger charge is 2.32. The van der Waals surface area contributed by atoms with Crippen LogP contribution in [0.5, 0.6) is 5.75 Å². The fourth-order valence-corrected chi connectivity index (χ4v) is 5.19. The molecular formula is C24H27FN6O3. The summed E-state index contributed by atoms with van der Waals surface area (Å²) in [6, 6.07) is 3.14. The number of halogens is 1. The summed E-state index contributed by atoms with van der Waals surface area (Å²) < 4.78 is 27.1. The molecule has 1 unspecified atom stereocenters. The Morgan fingerprint density at radius 3 is 3.00 bits per heavy atom. The second-order valence-electron chi connectivity index (χ2n) is 9.20. The Balaban J connectivity index is 1.20. The molecule has 2 fully saturated rings. The number of nitrogens with one attached hydrogen (secondary N) is 1. The molecule has 3 aliphatic rings. The number of nitrogens with zero attached hydrogens (tertiary/aromatic N) is 5. The molecule has 34 heavy (non-hydrogen) atoms. The van der Waals surface area contributed by atoms with Crippen LogP contribution in [-0.2, 0) is 22.5 Å². The smallest absolute Gasteiger partial charge is 0.230 e. The van der Waals surface area contributed by atoms with Gasteiger partial charge in [0.05, 0.1) is 25.7 Å². The third-order valence-corrected chi connectivity index (χ3v) is 7.19. The van der Waals surface area contributed by atoms with Gasteiger partial charge in [0.1, 0.15) is 17.9 Å². The Morgan fingerprint density at radius 2 is 2.15 bits per heavy atom. The highest BCUT2D eigenvalue weighted by atomic mass is 19.1. The number of benzene rings is 1. The third kappa shape index (κ3) is 3.75. The summed E-state index contributed by atoms with van der Waals surface area (Å²) in [6.45, 7) is 3.45. The van der Waals surface area contributed by atoms with Gasteiger partial charge in [0, 0.05) is 48.9 Å². The van der Waals surface area contributed by atoms with Gasteiger partial charge in [-0.25, -0.2) is 9.37 Å². The molecule has 9 nitrogen and oxygen atoms in total. The fourth-order valence-electron chi connectivity index (χ4n) is 5.19. The highest BCUT2D eigenvalue weighted by Crippen LogP contribution is 2.33. The molecule has 10 heteroatoms. The summed E-state index contributed by atoms with van der Waals surface area (Å²) in [5, 5.41) is 11.7. The molecule has 0 bridgehead atoms. The molecule has 2 saturated heterocycles. The maximum absolute atomic E-state index is 14.5. The van der Waals surface area contributed by atoms with Crippen molar-refractivity contribution in [1.82, 2.24) is 24.5 Å². The van der Waals surface area contributed by atoms with Crippen molar-refractivity contribution in [3.05, 3.63) is 47.2 Å². The number of amides is 1. The first kappa shape index (κ1) is 21.3. The minimum atomic E-state index is -0.251. The number of ether oxygens (including phenoxy) is 2. The molecule has 1 atom stereocenters. The van der Waals surface area contributed by atoms with E-state index in [4.69, 9.17) is 9.47 Å². The molecular weight excluding hydrogens is 439 g/mol. The van der Waals surface area contributed by atoms with E-state index in [9.17, 15) is 9.18 Å². The number of carbonyl (C=O) groups is 1. The van der Waals surface area contributed by atoms with E-state index in [0.717, 1.165) is 54.9 Å². The quantitative estimate of drug-likeness (QED) is 0.618. The lowest BCUT2D eigenvalue weighted by Crippen LogP contribution is -2.45. The zero-order valence-electron chi connectivity index (χ0n) is 18.9. The maximum atomic E-state index is 14.5. The second-order valence-corrected chi connectivity index (χ2v) is 9.20. The molecule has 0 spiro atoms. The van der Waals surface area contributed by atoms with Crippen LogP contribution in [0.4, 0.5) is 10.3 Å². The Kier molecular flexibility index (Phi) is 5.52. The van der Waals surface area contributed by atoms with E-state index in [0.29, 0.717) is 44.3 Å². The van der Waals surface area contributed by atoms with E-state index < -0.39 is 0 Å². The summed E-state index contributed by atoms with van der Waals surface area (Å²) in [6.07, 6.45) is 6.94. The molecule has 5 heterocycles. The Bertz CT molecular complexity index is 1230. The molecule has 0 aliphatic carbocycles. The Hall–Kier alpha value is -3.27. The van der Waals surface area contributed by atoms with E-state index >= 15 is 0 Å². The molecule has 1 aromatic carbocycles. The van der Waals surface area contributed by atoms with Crippen molar-refractivity contribution in [3.63, 3.8) is 0 Å². The van der Waals surface area contributed by atoms with Crippen molar-refractivity contribution in [3.8, 4) is 5.75 Å². The maximum Gasteiger partial charge on any atom is 0.230 e. The van der Waals surface area contributed by atoms with Crippen LogP contribution >= 0.6 is 0 Å². The van der Waals surface area contributed by atoms with Gasteiger partial charge in [0.15, 0.2) is 5.65 Å². The van der Waals surface area contributed by atoms with Crippen LogP contribution in [0.1, 0.15) is 41.9 Å². The monoisotopic (exact) mass is 466 g/mol. The number of rotatable bonds is 5. The predicted octanol–water partition coefficient (Wildman–Crippen LogP) is 2.55. The first-order valence-corrected chi connectivity index (χ1v) is 11.9. The largest absolute Gasteiger partial charge is 0.493 e. The Morgan fingerprint density at radius 1 is 1.24 bits per heavy atom. The molecule has 3 aromatic rings. The number of hydrogen-bond donors (Lipinski definition) is 1. The lowest BCUT2D eigenvalue weighted by molar-refractivity contribution is -0.149. The van der Waals surface area contributed by atoms with Crippen molar-refractivity contribution >= 4 is 17.5 Å². The average Bonchev–Trinajstić information content (AvgIpc) is 3.42. The first-order chi connectivity index (χ1) is 16.7. The van der Waals surface area contributed by atoms with Gasteiger partial charge in [-0.3, -0.25) is 9.20 Å². The van der Waals surface area contributed by atoms with Gasteiger partial charge in [-0.15, -0.1) is 10.2 Å². The van der Waals surface area contributed by atoms with Gasteiger partial charge < -0.3 is 19.7 Å². The SMILES string of the molecule is O=C(C1COC1)N1CCCC(c2cnc(NCc3c(F)ccc4c3CCO4)n3cnnc23)CC1. The van der Waals surface area contributed by atoms with E-state index in [1.807, 2.05) is 15.5 Å². The summed E-state index contributed by atoms with van der Waals surface area (Å²) in [4.78, 5) is 19.3. The van der Waals surface area contributed by atoms with E-state index in [1.165, 1.54) is 6.07 Å². The van der Waals surface area contributed by atoms with Crippen LogP contribution in [0.25, 0.3) is 5.65 Å². The number of aromatic nitrogens is 4. The predicted molar refractivity (Wildman–Crippen MR) is 121 cm³/mol. The molecule has 2 aromatic heterocycles. The van der Waals surface area contributed by atoms with Crippen molar-refractivity contribution in [1.29, 1.82) is 0 Å². The summed E-state index contributed by atoms with van der Waals surface area (Å²) >= 11 is 0. The van der Waals surface area contributed by atoms with Crippen molar-refractivity contribution in [2.75, 3.05) is 38.2 Å². The molecule has 6 rings (SSSR count). The second kappa shape index (κ2) is 8.83. The average molecular weight is 467 g/mol. The Labute approximate surface area is 196 Å². The summed E-state index contributed by atoms with van der Waals surface area (Å²) in [7, 11) is 0. The van der Waals surface area contributed by atoms with Gasteiger partial charge in [-0.1, -0.05) is 0 Å². The topological polar surface area (TPSA) is 93.9 Å². The van der Waals surface area contributed by atoms with Crippen molar-refractivity contribution in [2.45, 2.75) is 38.1 Å².